The van der Waals surface area contributed by atoms with Gasteiger partial charge in [-0.15, -0.1) is 0 Å². The van der Waals surface area contributed by atoms with Gasteiger partial charge in [0.1, 0.15) is 18.1 Å². The number of ether oxygens (including phenoxy) is 1. The predicted molar refractivity (Wildman–Crippen MR) is 93.9 cm³/mol. The maximum Gasteiger partial charge on any atom is 0.203 e. The van der Waals surface area contributed by atoms with Crippen molar-refractivity contribution in [1.29, 1.82) is 0 Å². The van der Waals surface area contributed by atoms with Crippen LogP contribution in [0.1, 0.15) is 27.4 Å². The lowest BCUT2D eigenvalue weighted by atomic mass is 10.1. The minimum atomic E-state index is -1.63. The summed E-state index contributed by atoms with van der Waals surface area (Å²) in [6, 6.07) is 10.1. The number of hydrogen-bond donors (Lipinski definition) is 0. The molecule has 2 aromatic carbocycles. The molecule has 144 valence electrons. The van der Waals surface area contributed by atoms with Gasteiger partial charge in [-0.05, 0) is 31.2 Å². The average molecular weight is 390 g/mol. The number of carbonyl (C=O) groups excluding carboxylic acids is 1. The van der Waals surface area contributed by atoms with E-state index >= 15 is 0 Å². The highest BCUT2D eigenvalue weighted by Crippen LogP contribution is 2.27. The van der Waals surface area contributed by atoms with Gasteiger partial charge in [0, 0.05) is 11.6 Å². The second-order valence-electron chi connectivity index (χ2n) is 5.95. The van der Waals surface area contributed by atoms with Crippen molar-refractivity contribution in [2.24, 2.45) is 0 Å². The molecule has 0 bridgehead atoms. The summed E-state index contributed by atoms with van der Waals surface area (Å²) in [6.07, 6.45) is 2.74. The van der Waals surface area contributed by atoms with E-state index in [2.05, 4.69) is 0 Å². The number of rotatable bonds is 6. The van der Waals surface area contributed by atoms with Gasteiger partial charge >= 0.3 is 0 Å². The molecule has 0 atom stereocenters. The second kappa shape index (κ2) is 8.12. The normalized spacial score (nSPS) is 11.2. The third kappa shape index (κ3) is 4.31. The van der Waals surface area contributed by atoms with Gasteiger partial charge in [0.2, 0.25) is 11.6 Å². The highest BCUT2D eigenvalue weighted by molar-refractivity contribution is 6.06. The Labute approximate surface area is 157 Å². The second-order valence-corrected chi connectivity index (χ2v) is 5.95. The van der Waals surface area contributed by atoms with E-state index in [0.717, 1.165) is 5.56 Å². The fourth-order valence-electron chi connectivity index (χ4n) is 2.35. The third-order valence-corrected chi connectivity index (χ3v) is 3.85. The quantitative estimate of drug-likeness (QED) is 0.237. The van der Waals surface area contributed by atoms with Gasteiger partial charge < -0.3 is 9.15 Å². The summed E-state index contributed by atoms with van der Waals surface area (Å²) in [5, 5.41) is 0. The summed E-state index contributed by atoms with van der Waals surface area (Å²) in [6.45, 7) is 1.45. The molecule has 0 spiro atoms. The molecule has 0 amide bonds. The molecule has 0 aliphatic heterocycles. The van der Waals surface area contributed by atoms with E-state index in [4.69, 9.17) is 9.15 Å². The first kappa shape index (κ1) is 19.4. The smallest absolute Gasteiger partial charge is 0.203 e. The van der Waals surface area contributed by atoms with Crippen molar-refractivity contribution in [2.45, 2.75) is 13.5 Å². The topological polar surface area (TPSA) is 39.4 Å². The lowest BCUT2D eigenvalue weighted by molar-refractivity contribution is 0.104. The maximum atomic E-state index is 13.6. The Hall–Kier alpha value is -3.35. The summed E-state index contributed by atoms with van der Waals surface area (Å²) in [5.74, 6) is -7.34. The van der Waals surface area contributed by atoms with Crippen LogP contribution >= 0.6 is 0 Å². The van der Waals surface area contributed by atoms with Crippen LogP contribution in [0.4, 0.5) is 17.6 Å². The van der Waals surface area contributed by atoms with Crippen LogP contribution in [0, 0.1) is 30.2 Å². The van der Waals surface area contributed by atoms with Crippen LogP contribution in [-0.4, -0.2) is 5.78 Å². The zero-order valence-electron chi connectivity index (χ0n) is 14.6. The molecule has 0 unspecified atom stereocenters. The van der Waals surface area contributed by atoms with Crippen LogP contribution in [0.25, 0.3) is 6.08 Å². The zero-order valence-corrected chi connectivity index (χ0v) is 14.6. The van der Waals surface area contributed by atoms with E-state index in [1.165, 1.54) is 24.3 Å². The minimum Gasteiger partial charge on any atom is -0.479 e. The fourth-order valence-corrected chi connectivity index (χ4v) is 2.35. The monoisotopic (exact) mass is 390 g/mol. The Kier molecular flexibility index (Phi) is 5.63. The molecule has 3 nitrogen and oxygen atoms in total. The number of benzene rings is 2. The van der Waals surface area contributed by atoms with Crippen molar-refractivity contribution in [3.05, 3.63) is 94.5 Å². The zero-order chi connectivity index (χ0) is 20.3. The molecular weight excluding hydrogens is 376 g/mol. The molecule has 7 heteroatoms. The summed E-state index contributed by atoms with van der Waals surface area (Å²) < 4.78 is 63.6. The van der Waals surface area contributed by atoms with Gasteiger partial charge in [-0.2, -0.15) is 8.78 Å². The van der Waals surface area contributed by atoms with Gasteiger partial charge in [-0.1, -0.05) is 29.8 Å². The molecule has 0 radical (unpaired) electrons. The summed E-state index contributed by atoms with van der Waals surface area (Å²) in [4.78, 5) is 12.1. The molecule has 0 saturated heterocycles. The Bertz CT molecular complexity index is 1010. The van der Waals surface area contributed by atoms with Crippen molar-refractivity contribution >= 4 is 11.9 Å². The lowest BCUT2D eigenvalue weighted by Crippen LogP contribution is -2.03. The van der Waals surface area contributed by atoms with Crippen molar-refractivity contribution in [2.75, 3.05) is 0 Å². The molecule has 3 rings (SSSR count). The molecule has 1 heterocycles. The van der Waals surface area contributed by atoms with Crippen molar-refractivity contribution < 1.29 is 31.5 Å². The standard InChI is InChI=1S/C21H14F4O3/c1-12-2-4-13(5-3-12)18(26)9-8-14-6-7-15(28-14)11-27-21-19(24)16(22)10-17(23)20(21)25/h2-10H,11H2,1H3/b9-8+. The summed E-state index contributed by atoms with van der Waals surface area (Å²) in [5.41, 5.74) is 1.54. The summed E-state index contributed by atoms with van der Waals surface area (Å²) >= 11 is 0. The third-order valence-electron chi connectivity index (χ3n) is 3.85. The van der Waals surface area contributed by atoms with Gasteiger partial charge in [0.05, 0.1) is 0 Å². The fraction of sp³-hybridized carbons (Fsp3) is 0.0952. The van der Waals surface area contributed by atoms with Crippen molar-refractivity contribution in [3.8, 4) is 5.75 Å². The van der Waals surface area contributed by atoms with Crippen LogP contribution < -0.4 is 4.74 Å². The Morgan fingerprint density at radius 2 is 1.64 bits per heavy atom. The highest BCUT2D eigenvalue weighted by atomic mass is 19.2. The van der Waals surface area contributed by atoms with E-state index in [-0.39, 0.29) is 17.6 Å². The molecule has 0 N–H and O–H groups in total. The predicted octanol–water partition coefficient (Wildman–Crippen LogP) is 5.62. The number of aryl methyl sites for hydroxylation is 1. The maximum absolute atomic E-state index is 13.6. The van der Waals surface area contributed by atoms with E-state index in [9.17, 15) is 22.4 Å². The van der Waals surface area contributed by atoms with Gasteiger partial charge in [-0.3, -0.25) is 4.79 Å². The van der Waals surface area contributed by atoms with E-state index in [1.54, 1.807) is 12.1 Å². The number of hydrogen-bond acceptors (Lipinski definition) is 3. The Morgan fingerprint density at radius 3 is 2.29 bits per heavy atom. The molecule has 1 aromatic heterocycles. The van der Waals surface area contributed by atoms with Crippen LogP contribution in [-0.2, 0) is 6.61 Å². The van der Waals surface area contributed by atoms with E-state index in [1.807, 2.05) is 19.1 Å². The molecule has 0 aliphatic rings. The van der Waals surface area contributed by atoms with Crippen LogP contribution in [0.5, 0.6) is 5.75 Å². The number of carbonyl (C=O) groups is 1. The molecule has 0 aliphatic carbocycles. The highest BCUT2D eigenvalue weighted by Gasteiger charge is 2.21. The van der Waals surface area contributed by atoms with E-state index in [0.29, 0.717) is 11.3 Å². The molecule has 3 aromatic rings. The van der Waals surface area contributed by atoms with Crippen molar-refractivity contribution in [1.82, 2.24) is 0 Å². The number of halogens is 4. The first-order valence-corrected chi connectivity index (χ1v) is 8.18. The molecule has 0 saturated carbocycles. The van der Waals surface area contributed by atoms with Gasteiger partial charge in [-0.25, -0.2) is 8.78 Å². The van der Waals surface area contributed by atoms with Crippen LogP contribution in [0.3, 0.4) is 0 Å². The first-order chi connectivity index (χ1) is 13.3. The minimum absolute atomic E-state index is 0.0956. The first-order valence-electron chi connectivity index (χ1n) is 8.18. The van der Waals surface area contributed by atoms with Gasteiger partial charge in [0.15, 0.2) is 23.2 Å². The van der Waals surface area contributed by atoms with Crippen LogP contribution in [0.15, 0.2) is 53.0 Å². The lowest BCUT2D eigenvalue weighted by Gasteiger charge is -2.08. The SMILES string of the molecule is Cc1ccc(C(=O)/C=C/c2ccc(COc3c(F)c(F)cc(F)c3F)o2)cc1. The largest absolute Gasteiger partial charge is 0.479 e. The summed E-state index contributed by atoms with van der Waals surface area (Å²) in [7, 11) is 0. The molecule has 0 fully saturated rings. The number of ketones is 1. The van der Waals surface area contributed by atoms with E-state index < -0.39 is 35.6 Å². The van der Waals surface area contributed by atoms with Crippen LogP contribution in [0.2, 0.25) is 0 Å². The molecular formula is C21H14F4O3. The Balaban J connectivity index is 1.66. The average Bonchev–Trinajstić information content (AvgIpc) is 3.13. The number of furan rings is 1. The Morgan fingerprint density at radius 1 is 1.00 bits per heavy atom. The van der Waals surface area contributed by atoms with Crippen molar-refractivity contribution in [3.63, 3.8) is 0 Å². The number of allylic oxidation sites excluding steroid dienone is 1. The van der Waals surface area contributed by atoms with Gasteiger partial charge in [0.25, 0.3) is 0 Å². The molecule has 28 heavy (non-hydrogen) atoms.